The second kappa shape index (κ2) is 32.2. The van der Waals surface area contributed by atoms with Gasteiger partial charge in [-0.2, -0.15) is 0 Å². The molecule has 1 unspecified atom stereocenters. The molecule has 2 N–H and O–H groups in total. The third-order valence-corrected chi connectivity index (χ3v) is 6.32. The summed E-state index contributed by atoms with van der Waals surface area (Å²) in [6.45, 7) is 8.90. The highest BCUT2D eigenvalue weighted by molar-refractivity contribution is 9.10. The predicted molar refractivity (Wildman–Crippen MR) is 148 cm³/mol. The van der Waals surface area contributed by atoms with E-state index in [1.807, 2.05) is 20.8 Å². The van der Waals surface area contributed by atoms with Gasteiger partial charge in [-0.1, -0.05) is 107 Å². The summed E-state index contributed by atoms with van der Waals surface area (Å²) in [7, 11) is 1.36. The van der Waals surface area contributed by atoms with E-state index in [9.17, 15) is 19.2 Å². The van der Waals surface area contributed by atoms with Crippen LogP contribution in [0.3, 0.4) is 0 Å². The van der Waals surface area contributed by atoms with Crippen LogP contribution >= 0.6 is 63.7 Å². The summed E-state index contributed by atoms with van der Waals surface area (Å²) in [5.41, 5.74) is 0. The Morgan fingerprint density at radius 3 is 1.03 bits per heavy atom. The number of Topliss-reactive ketones (excluding diaryl/α,β-unsaturated/α-hetero) is 1. The van der Waals surface area contributed by atoms with E-state index in [1.165, 1.54) is 7.11 Å². The summed E-state index contributed by atoms with van der Waals surface area (Å²) < 4.78 is 4.33. The minimum absolute atomic E-state index is 0. The Morgan fingerprint density at radius 1 is 0.774 bits per heavy atom. The fraction of sp³-hybridized carbons (Fsp3) is 0.800. The minimum atomic E-state index is -0.789. The number of carbonyl (C=O) groups is 4. The van der Waals surface area contributed by atoms with Gasteiger partial charge < -0.3 is 14.9 Å². The largest absolute Gasteiger partial charge is 0.480 e. The smallest absolute Gasteiger partial charge is 0.319 e. The quantitative estimate of drug-likeness (QED) is 0.209. The van der Waals surface area contributed by atoms with Crippen LogP contribution in [0.2, 0.25) is 0 Å². The molecule has 0 bridgehead atoms. The van der Waals surface area contributed by atoms with Crippen molar-refractivity contribution >= 4 is 87.4 Å². The van der Waals surface area contributed by atoms with Crippen molar-refractivity contribution in [3.05, 3.63) is 0 Å². The second-order valence-electron chi connectivity index (χ2n) is 5.05. The van der Waals surface area contributed by atoms with Crippen molar-refractivity contribution in [3.8, 4) is 0 Å². The maximum Gasteiger partial charge on any atom is 0.319 e. The number of methoxy groups -OCH3 is 1. The number of ether oxygens (including phenoxy) is 1. The highest BCUT2D eigenvalue weighted by atomic mass is 79.9. The summed E-state index contributed by atoms with van der Waals surface area (Å²) in [5.74, 6) is -1.60. The lowest BCUT2D eigenvalue weighted by Gasteiger charge is -1.96. The fourth-order valence-electron chi connectivity index (χ4n) is 0.799. The first-order valence-electron chi connectivity index (χ1n) is 8.33. The number of aliphatic carboxylic acids is 2. The Balaban J connectivity index is -0.0000000384. The molecule has 11 heteroatoms. The third kappa shape index (κ3) is 40.8. The number of carbonyl (C=O) groups excluding carboxylic acids is 2. The molecule has 4 atom stereocenters. The molecule has 31 heavy (non-hydrogen) atoms. The molecule has 194 valence electrons. The van der Waals surface area contributed by atoms with Crippen LogP contribution < -0.4 is 0 Å². The van der Waals surface area contributed by atoms with Crippen LogP contribution in [0.5, 0.6) is 0 Å². The summed E-state index contributed by atoms with van der Waals surface area (Å²) in [6.07, 6.45) is 2.15. The zero-order chi connectivity index (χ0) is 23.4. The van der Waals surface area contributed by atoms with Crippen LogP contribution in [0.15, 0.2) is 0 Å². The van der Waals surface area contributed by atoms with Crippen LogP contribution in [-0.4, -0.2) is 60.3 Å². The molecule has 0 saturated heterocycles. The number of carboxylic acids is 2. The van der Waals surface area contributed by atoms with Gasteiger partial charge in [-0.25, -0.2) is 0 Å². The first kappa shape index (κ1) is 48.4. The molecule has 0 fully saturated rings. The normalized spacial score (nSPS) is 12.1. The van der Waals surface area contributed by atoms with Crippen LogP contribution in [0, 0.1) is 0 Å². The van der Waals surface area contributed by atoms with Crippen molar-refractivity contribution in [2.45, 2.75) is 95.5 Å². The van der Waals surface area contributed by atoms with Gasteiger partial charge in [0.15, 0.2) is 0 Å². The Labute approximate surface area is 224 Å². The Bertz CT molecular complexity index is 406. The molecule has 0 heterocycles. The van der Waals surface area contributed by atoms with Gasteiger partial charge in [0.25, 0.3) is 0 Å². The number of carboxylic acid groups (broad SMARTS) is 2. The Hall–Kier alpha value is -0.000000000000000167. The molecule has 7 nitrogen and oxygen atoms in total. The van der Waals surface area contributed by atoms with E-state index in [-0.39, 0.29) is 54.8 Å². The average molecular weight is 716 g/mol. The number of rotatable bonds is 7. The second-order valence-corrected chi connectivity index (χ2v) is 9.74. The van der Waals surface area contributed by atoms with Gasteiger partial charge in [0.2, 0.25) is 0 Å². The van der Waals surface area contributed by atoms with Crippen LogP contribution in [0.25, 0.3) is 0 Å². The summed E-state index contributed by atoms with van der Waals surface area (Å²) in [4.78, 5) is 39.5. The molecule has 0 aliphatic rings. The lowest BCUT2D eigenvalue weighted by atomic mass is 10.3. The van der Waals surface area contributed by atoms with Crippen LogP contribution in [0.1, 0.15) is 77.6 Å². The summed E-state index contributed by atoms with van der Waals surface area (Å²) in [5, 5.41) is 16.3. The molecule has 0 aromatic carbocycles. The molecule has 0 spiro atoms. The molecule has 0 aromatic heterocycles. The third-order valence-electron chi connectivity index (χ3n) is 2.58. The average Bonchev–Trinajstić information content (AvgIpc) is 2.66. The predicted octanol–water partition coefficient (Wildman–Crippen LogP) is 7.34. The maximum atomic E-state index is 10.3. The van der Waals surface area contributed by atoms with E-state index >= 15 is 0 Å². The van der Waals surface area contributed by atoms with Crippen molar-refractivity contribution < 1.29 is 35.6 Å². The van der Waals surface area contributed by atoms with Crippen molar-refractivity contribution in [3.63, 3.8) is 0 Å². The zero-order valence-corrected chi connectivity index (χ0v) is 23.2. The number of hydrogen-bond donors (Lipinski definition) is 2. The fourth-order valence-corrected chi connectivity index (χ4v) is 0.986. The van der Waals surface area contributed by atoms with Gasteiger partial charge in [0.1, 0.15) is 20.3 Å². The number of hydrogen-bond acceptors (Lipinski definition) is 5. The molecular weight excluding hydrogens is 672 g/mol. The van der Waals surface area contributed by atoms with Gasteiger partial charge in [0.05, 0.1) is 11.9 Å². The molecule has 0 rings (SSSR count). The zero-order valence-electron chi connectivity index (χ0n) is 16.9. The van der Waals surface area contributed by atoms with Crippen LogP contribution in [0.4, 0.5) is 0 Å². The summed E-state index contributed by atoms with van der Waals surface area (Å²) >= 11 is 12.1. The topological polar surface area (TPSA) is 118 Å². The molecule has 0 radical (unpaired) electrons. The lowest BCUT2D eigenvalue weighted by Crippen LogP contribution is -2.10. The van der Waals surface area contributed by atoms with Crippen molar-refractivity contribution in [1.82, 2.24) is 0 Å². The van der Waals surface area contributed by atoms with E-state index in [1.54, 1.807) is 13.8 Å². The van der Waals surface area contributed by atoms with Gasteiger partial charge in [-0.05, 0) is 33.1 Å². The molecular formula is C20H44Br4O7. The number of alkyl halides is 4. The number of ketones is 1. The van der Waals surface area contributed by atoms with Crippen molar-refractivity contribution in [2.75, 3.05) is 7.11 Å². The van der Waals surface area contributed by atoms with Gasteiger partial charge in [0, 0.05) is 1.43 Å². The first-order valence-corrected chi connectivity index (χ1v) is 12.0. The van der Waals surface area contributed by atoms with E-state index < -0.39 is 11.9 Å². The van der Waals surface area contributed by atoms with E-state index in [2.05, 4.69) is 68.5 Å². The molecule has 0 amide bonds. The highest BCUT2D eigenvalue weighted by Crippen LogP contribution is 2.04. The van der Waals surface area contributed by atoms with E-state index in [0.29, 0.717) is 12.8 Å². The van der Waals surface area contributed by atoms with Gasteiger partial charge in [-0.3, -0.25) is 19.2 Å². The summed E-state index contributed by atoms with van der Waals surface area (Å²) in [6, 6.07) is 0. The monoisotopic (exact) mass is 712 g/mol. The number of esters is 1. The van der Waals surface area contributed by atoms with E-state index in [4.69, 9.17) is 10.2 Å². The van der Waals surface area contributed by atoms with Crippen LogP contribution in [-0.2, 0) is 23.9 Å². The van der Waals surface area contributed by atoms with Crippen molar-refractivity contribution in [2.24, 2.45) is 0 Å². The molecule has 0 aliphatic heterocycles. The molecule has 0 saturated carbocycles. The van der Waals surface area contributed by atoms with E-state index in [0.717, 1.165) is 6.42 Å². The standard InChI is InChI=1S/C5H9BrO.3C4H7BrO2.3CH4.H2/c1-3-5(6)4(2)7;1-3(5)4(6)7-2;2*1-2-3(5)4(6)7;;;;/h5H,3H2,1-2H3;3H,1-2H3;2*3H,2H2,1H3,(H,6,7);3*1H4;1H/t5-;;2*3-;;;;/m0.10..../s1. The van der Waals surface area contributed by atoms with Crippen molar-refractivity contribution in [1.29, 1.82) is 0 Å². The van der Waals surface area contributed by atoms with Gasteiger partial charge >= 0.3 is 17.9 Å². The Kier molecular flexibility index (Phi) is 50.3. The number of halogens is 4. The van der Waals surface area contributed by atoms with Gasteiger partial charge in [-0.15, -0.1) is 0 Å². The SMILES string of the molecule is C.C.C.CC[C@@H](Br)C(=O)O.CC[C@H](Br)C(=O)O.CC[C@H](Br)C(C)=O.COC(=O)C(C)Br.[HH]. The molecule has 0 aliphatic carbocycles. The minimum Gasteiger partial charge on any atom is -0.480 e. The highest BCUT2D eigenvalue weighted by Gasteiger charge is 2.08. The Morgan fingerprint density at radius 2 is 1.03 bits per heavy atom. The molecule has 0 aromatic rings. The first-order chi connectivity index (χ1) is 12.7. The maximum absolute atomic E-state index is 10.3. The lowest BCUT2D eigenvalue weighted by molar-refractivity contribution is -0.139.